The number of amides is 4. The number of aromatic nitrogens is 2. The molecule has 2 aromatic heterocycles. The molecule has 1 aliphatic carbocycles. The molecule has 0 spiro atoms. The number of carbonyl (C=O) groups excluding carboxylic acids is 3. The molecule has 34 heavy (non-hydrogen) atoms. The number of urea groups is 1. The van der Waals surface area contributed by atoms with Crippen LogP contribution in [0.15, 0.2) is 40.8 Å². The number of carbonyl (C=O) groups is 3. The first-order valence-electron chi connectivity index (χ1n) is 11.4. The molecule has 1 saturated carbocycles. The number of anilines is 2. The number of rotatable bonds is 10. The Morgan fingerprint density at radius 2 is 1.88 bits per heavy atom. The molecule has 6 N–H and O–H groups in total. The topological polar surface area (TPSA) is 155 Å². The van der Waals surface area contributed by atoms with E-state index in [9.17, 15) is 14.4 Å². The highest BCUT2D eigenvalue weighted by Crippen LogP contribution is 2.21. The molecule has 0 aliphatic heterocycles. The standard InChI is InChI=1S/C24H28N6O4/c1-2-3-4-14-5-7-16(8-6-14)27-24(33)30-22-20(21(25)31)28-19(29-22)13-17-11-12-18(34-17)23(32)26-15-9-10-15/h5-8,11-12,15H,2-4,9-10,13H2,1H3,(H2,25,31)(H,26,32)(H,28,29)(H2,27,30,33). The Balaban J connectivity index is 1.39. The van der Waals surface area contributed by atoms with Gasteiger partial charge >= 0.3 is 6.03 Å². The molecular formula is C24H28N6O4. The smallest absolute Gasteiger partial charge is 0.324 e. The number of benzene rings is 1. The van der Waals surface area contributed by atoms with Crippen molar-refractivity contribution in [2.75, 3.05) is 10.6 Å². The molecule has 0 saturated heterocycles. The quantitative estimate of drug-likeness (QED) is 0.310. The summed E-state index contributed by atoms with van der Waals surface area (Å²) < 4.78 is 5.59. The van der Waals surface area contributed by atoms with Gasteiger partial charge in [-0.3, -0.25) is 14.9 Å². The normalized spacial score (nSPS) is 12.9. The number of hydrogen-bond donors (Lipinski definition) is 5. The fraction of sp³-hybridized carbons (Fsp3) is 0.333. The number of aromatic amines is 1. The third-order valence-electron chi connectivity index (χ3n) is 5.40. The van der Waals surface area contributed by atoms with Crippen LogP contribution in [-0.2, 0) is 12.8 Å². The summed E-state index contributed by atoms with van der Waals surface area (Å²) in [6, 6.07) is 10.5. The molecule has 0 unspecified atom stereocenters. The molecule has 0 bridgehead atoms. The minimum Gasteiger partial charge on any atom is -0.455 e. The second-order valence-corrected chi connectivity index (χ2v) is 8.34. The molecule has 1 aliphatic rings. The van der Waals surface area contributed by atoms with Gasteiger partial charge < -0.3 is 25.8 Å². The molecule has 10 nitrogen and oxygen atoms in total. The number of furan rings is 1. The van der Waals surface area contributed by atoms with Gasteiger partial charge in [0, 0.05) is 11.7 Å². The fourth-order valence-corrected chi connectivity index (χ4v) is 3.43. The van der Waals surface area contributed by atoms with Crippen LogP contribution in [0.25, 0.3) is 0 Å². The lowest BCUT2D eigenvalue weighted by Crippen LogP contribution is -2.24. The van der Waals surface area contributed by atoms with E-state index in [-0.39, 0.29) is 35.6 Å². The number of unbranched alkanes of at least 4 members (excludes halogenated alkanes) is 1. The predicted molar refractivity (Wildman–Crippen MR) is 127 cm³/mol. The van der Waals surface area contributed by atoms with E-state index in [4.69, 9.17) is 10.2 Å². The van der Waals surface area contributed by atoms with Crippen LogP contribution in [0.5, 0.6) is 0 Å². The molecule has 2 heterocycles. The molecule has 0 atom stereocenters. The Morgan fingerprint density at radius 3 is 2.56 bits per heavy atom. The summed E-state index contributed by atoms with van der Waals surface area (Å²) in [5.74, 6) is 0.0723. The third kappa shape index (κ3) is 6.03. The highest BCUT2D eigenvalue weighted by atomic mass is 16.3. The minimum absolute atomic E-state index is 0.0813. The third-order valence-corrected chi connectivity index (χ3v) is 5.40. The van der Waals surface area contributed by atoms with E-state index < -0.39 is 11.9 Å². The Bertz CT molecular complexity index is 1180. The Morgan fingerprint density at radius 1 is 1.12 bits per heavy atom. The predicted octanol–water partition coefficient (Wildman–Crippen LogP) is 3.57. The number of nitrogens with two attached hydrogens (primary N) is 1. The van der Waals surface area contributed by atoms with Gasteiger partial charge in [0.15, 0.2) is 11.5 Å². The lowest BCUT2D eigenvalue weighted by Gasteiger charge is -2.08. The molecule has 3 aromatic rings. The van der Waals surface area contributed by atoms with Crippen molar-refractivity contribution in [3.05, 3.63) is 65.0 Å². The van der Waals surface area contributed by atoms with Crippen molar-refractivity contribution in [1.29, 1.82) is 0 Å². The van der Waals surface area contributed by atoms with Gasteiger partial charge in [0.1, 0.15) is 17.4 Å². The summed E-state index contributed by atoms with van der Waals surface area (Å²) in [4.78, 5) is 43.5. The zero-order valence-electron chi connectivity index (χ0n) is 18.9. The summed E-state index contributed by atoms with van der Waals surface area (Å²) >= 11 is 0. The lowest BCUT2D eigenvalue weighted by molar-refractivity contribution is 0.0921. The van der Waals surface area contributed by atoms with Crippen LogP contribution in [0.1, 0.15) is 70.8 Å². The van der Waals surface area contributed by atoms with Crippen LogP contribution in [0.4, 0.5) is 16.3 Å². The maximum absolute atomic E-state index is 12.5. The van der Waals surface area contributed by atoms with E-state index in [0.717, 1.165) is 32.1 Å². The van der Waals surface area contributed by atoms with Gasteiger partial charge in [0.05, 0.1) is 6.42 Å². The Hall–Kier alpha value is -4.08. The monoisotopic (exact) mass is 464 g/mol. The number of nitrogens with one attached hydrogen (secondary N) is 4. The number of H-pyrrole nitrogens is 1. The van der Waals surface area contributed by atoms with E-state index in [0.29, 0.717) is 17.3 Å². The van der Waals surface area contributed by atoms with Crippen molar-refractivity contribution >= 4 is 29.4 Å². The zero-order chi connectivity index (χ0) is 24.1. The van der Waals surface area contributed by atoms with E-state index in [2.05, 4.69) is 32.8 Å². The van der Waals surface area contributed by atoms with Gasteiger partial charge in [0.2, 0.25) is 0 Å². The first-order valence-corrected chi connectivity index (χ1v) is 11.4. The van der Waals surface area contributed by atoms with Crippen LogP contribution in [0.2, 0.25) is 0 Å². The van der Waals surface area contributed by atoms with Crippen LogP contribution in [0, 0.1) is 0 Å². The van der Waals surface area contributed by atoms with E-state index >= 15 is 0 Å². The second kappa shape index (κ2) is 10.2. The van der Waals surface area contributed by atoms with Crippen LogP contribution in [0.3, 0.4) is 0 Å². The number of imidazole rings is 1. The number of aryl methyl sites for hydroxylation is 1. The maximum Gasteiger partial charge on any atom is 0.324 e. The average molecular weight is 465 g/mol. The van der Waals surface area contributed by atoms with Crippen molar-refractivity contribution < 1.29 is 18.8 Å². The summed E-state index contributed by atoms with van der Waals surface area (Å²) in [6.07, 6.45) is 5.36. The van der Waals surface area contributed by atoms with Gasteiger partial charge in [-0.05, 0) is 55.5 Å². The average Bonchev–Trinajstić information content (AvgIpc) is 3.34. The zero-order valence-corrected chi connectivity index (χ0v) is 18.9. The van der Waals surface area contributed by atoms with Gasteiger partial charge in [-0.15, -0.1) is 0 Å². The number of primary amides is 1. The number of hydrogen-bond acceptors (Lipinski definition) is 5. The first-order chi connectivity index (χ1) is 16.4. The van der Waals surface area contributed by atoms with Crippen molar-refractivity contribution in [3.8, 4) is 0 Å². The van der Waals surface area contributed by atoms with Gasteiger partial charge in [0.25, 0.3) is 11.8 Å². The highest BCUT2D eigenvalue weighted by molar-refractivity contribution is 6.04. The number of nitrogens with zero attached hydrogens (tertiary/aromatic N) is 1. The van der Waals surface area contributed by atoms with E-state index in [1.807, 2.05) is 24.3 Å². The van der Waals surface area contributed by atoms with Crippen molar-refractivity contribution in [2.45, 2.75) is 51.5 Å². The fourth-order valence-electron chi connectivity index (χ4n) is 3.43. The molecule has 1 aromatic carbocycles. The van der Waals surface area contributed by atoms with Crippen molar-refractivity contribution in [1.82, 2.24) is 15.3 Å². The molecule has 1 fully saturated rings. The SMILES string of the molecule is CCCCc1ccc(NC(=O)Nc2[nH]c(Cc3ccc(C(=O)NC4CC4)o3)nc2C(N)=O)cc1. The summed E-state index contributed by atoms with van der Waals surface area (Å²) in [5.41, 5.74) is 7.15. The Labute approximate surface area is 196 Å². The van der Waals surface area contributed by atoms with Crippen LogP contribution >= 0.6 is 0 Å². The van der Waals surface area contributed by atoms with Gasteiger partial charge in [-0.1, -0.05) is 25.5 Å². The summed E-state index contributed by atoms with van der Waals surface area (Å²) in [5, 5.41) is 8.16. The van der Waals surface area contributed by atoms with Crippen molar-refractivity contribution in [2.24, 2.45) is 5.73 Å². The molecule has 178 valence electrons. The lowest BCUT2D eigenvalue weighted by atomic mass is 10.1. The largest absolute Gasteiger partial charge is 0.455 e. The second-order valence-electron chi connectivity index (χ2n) is 8.34. The molecule has 4 amide bonds. The highest BCUT2D eigenvalue weighted by Gasteiger charge is 2.25. The van der Waals surface area contributed by atoms with Crippen LogP contribution < -0.4 is 21.7 Å². The Kier molecular flexibility index (Phi) is 6.95. The molecular weight excluding hydrogens is 436 g/mol. The summed E-state index contributed by atoms with van der Waals surface area (Å²) in [7, 11) is 0. The molecule has 0 radical (unpaired) electrons. The summed E-state index contributed by atoms with van der Waals surface area (Å²) in [6.45, 7) is 2.14. The van der Waals surface area contributed by atoms with Crippen molar-refractivity contribution in [3.63, 3.8) is 0 Å². The van der Waals surface area contributed by atoms with Gasteiger partial charge in [-0.2, -0.15) is 0 Å². The first kappa shape index (κ1) is 23.1. The van der Waals surface area contributed by atoms with Gasteiger partial charge in [-0.25, -0.2) is 9.78 Å². The molecule has 4 rings (SSSR count). The van der Waals surface area contributed by atoms with Crippen LogP contribution in [-0.4, -0.2) is 33.9 Å². The van der Waals surface area contributed by atoms with E-state index in [1.54, 1.807) is 12.1 Å². The minimum atomic E-state index is -0.790. The molecule has 10 heteroatoms. The van der Waals surface area contributed by atoms with E-state index in [1.165, 1.54) is 5.56 Å². The maximum atomic E-state index is 12.5.